The van der Waals surface area contributed by atoms with Crippen LogP contribution in [0.25, 0.3) is 0 Å². The maximum Gasteiger partial charge on any atom is 0.244 e. The Morgan fingerprint density at radius 3 is 2.57 bits per heavy atom. The molecule has 0 aliphatic carbocycles. The summed E-state index contributed by atoms with van der Waals surface area (Å²) in [6, 6.07) is 9.01. The summed E-state index contributed by atoms with van der Waals surface area (Å²) >= 11 is 0. The van der Waals surface area contributed by atoms with E-state index in [1.165, 1.54) is 11.2 Å². The monoisotopic (exact) mass is 316 g/mol. The third-order valence-electron chi connectivity index (χ3n) is 3.53. The highest BCUT2D eigenvalue weighted by atomic mass is 19.1. The van der Waals surface area contributed by atoms with E-state index in [4.69, 9.17) is 0 Å². The average Bonchev–Trinajstić information content (AvgIpc) is 2.56. The van der Waals surface area contributed by atoms with Gasteiger partial charge in [0.25, 0.3) is 0 Å². The maximum absolute atomic E-state index is 14.3. The number of halogens is 1. The van der Waals surface area contributed by atoms with E-state index in [0.717, 1.165) is 5.56 Å². The highest BCUT2D eigenvalue weighted by Crippen LogP contribution is 2.16. The van der Waals surface area contributed by atoms with Crippen molar-refractivity contribution in [3.8, 4) is 0 Å². The normalized spacial score (nSPS) is 11.8. The van der Waals surface area contributed by atoms with E-state index in [1.807, 2.05) is 37.3 Å². The summed E-state index contributed by atoms with van der Waals surface area (Å²) in [5, 5.41) is 2.93. The molecule has 2 aromatic rings. The molecule has 1 aromatic carbocycles. The summed E-state index contributed by atoms with van der Waals surface area (Å²) in [7, 11) is 3.35. The van der Waals surface area contributed by atoms with Gasteiger partial charge in [-0.1, -0.05) is 37.3 Å². The highest BCUT2D eigenvalue weighted by molar-refractivity contribution is 5.84. The first-order valence-corrected chi connectivity index (χ1v) is 7.54. The molecule has 1 aromatic heterocycles. The molecular weight excluding hydrogens is 295 g/mol. The second-order valence-corrected chi connectivity index (χ2v) is 5.46. The second kappa shape index (κ2) is 7.67. The molecule has 0 aliphatic heterocycles. The molecule has 0 fully saturated rings. The van der Waals surface area contributed by atoms with Gasteiger partial charge < -0.3 is 10.2 Å². The van der Waals surface area contributed by atoms with Gasteiger partial charge in [0, 0.05) is 20.5 Å². The van der Waals surface area contributed by atoms with Crippen molar-refractivity contribution in [2.75, 3.05) is 19.4 Å². The Balaban J connectivity index is 2.26. The molecule has 1 atom stereocenters. The van der Waals surface area contributed by atoms with Crippen molar-refractivity contribution in [3.63, 3.8) is 0 Å². The fraction of sp³-hybridized carbons (Fsp3) is 0.353. The van der Waals surface area contributed by atoms with Crippen LogP contribution in [0.3, 0.4) is 0 Å². The largest absolute Gasteiger partial charge is 0.356 e. The summed E-state index contributed by atoms with van der Waals surface area (Å²) in [5.41, 5.74) is 1.32. The number of anilines is 1. The van der Waals surface area contributed by atoms with Gasteiger partial charge in [-0.3, -0.25) is 4.79 Å². The number of hydrogen-bond donors (Lipinski definition) is 1. The number of rotatable bonds is 6. The smallest absolute Gasteiger partial charge is 0.244 e. The molecule has 0 spiro atoms. The Labute approximate surface area is 135 Å². The number of benzene rings is 1. The van der Waals surface area contributed by atoms with Crippen LogP contribution in [0.2, 0.25) is 0 Å². The van der Waals surface area contributed by atoms with Gasteiger partial charge in [-0.05, 0) is 12.0 Å². The van der Waals surface area contributed by atoms with E-state index in [9.17, 15) is 9.18 Å². The van der Waals surface area contributed by atoms with E-state index >= 15 is 0 Å². The molecule has 5 nitrogen and oxygen atoms in total. The van der Waals surface area contributed by atoms with Gasteiger partial charge in [0.05, 0.1) is 5.69 Å². The van der Waals surface area contributed by atoms with Crippen LogP contribution in [-0.4, -0.2) is 40.9 Å². The van der Waals surface area contributed by atoms with Crippen molar-refractivity contribution in [3.05, 3.63) is 53.7 Å². The van der Waals surface area contributed by atoms with E-state index in [0.29, 0.717) is 18.5 Å². The standard InChI is InChI=1S/C17H21FN4O/c1-4-13-15(18)16(20-11-19-13)21-14(17(23)22(2)3)10-12-8-6-5-7-9-12/h5-9,11,14H,4,10H2,1-3H3,(H,19,20,21). The van der Waals surface area contributed by atoms with Crippen LogP contribution in [0.1, 0.15) is 18.2 Å². The lowest BCUT2D eigenvalue weighted by atomic mass is 10.0. The van der Waals surface area contributed by atoms with E-state index in [-0.39, 0.29) is 11.7 Å². The van der Waals surface area contributed by atoms with E-state index < -0.39 is 11.9 Å². The molecule has 0 bridgehead atoms. The van der Waals surface area contributed by atoms with Gasteiger partial charge in [-0.25, -0.2) is 14.4 Å². The quantitative estimate of drug-likeness (QED) is 0.888. The molecule has 1 unspecified atom stereocenters. The number of nitrogens with zero attached hydrogens (tertiary/aromatic N) is 3. The minimum absolute atomic E-state index is 0.0629. The first-order chi connectivity index (χ1) is 11.0. The Bertz CT molecular complexity index is 661. The SMILES string of the molecule is CCc1ncnc(NC(Cc2ccccc2)C(=O)N(C)C)c1F. The van der Waals surface area contributed by atoms with Crippen molar-refractivity contribution >= 4 is 11.7 Å². The lowest BCUT2D eigenvalue weighted by Gasteiger charge is -2.22. The number of nitrogens with one attached hydrogen (secondary N) is 1. The molecular formula is C17H21FN4O. The molecule has 122 valence electrons. The van der Waals surface area contributed by atoms with Gasteiger partial charge in [-0.2, -0.15) is 0 Å². The van der Waals surface area contributed by atoms with Crippen molar-refractivity contribution in [2.45, 2.75) is 25.8 Å². The van der Waals surface area contributed by atoms with Crippen molar-refractivity contribution in [1.29, 1.82) is 0 Å². The van der Waals surface area contributed by atoms with Crippen LogP contribution in [-0.2, 0) is 17.6 Å². The third-order valence-corrected chi connectivity index (χ3v) is 3.53. The zero-order valence-electron chi connectivity index (χ0n) is 13.6. The molecule has 0 radical (unpaired) electrons. The van der Waals surface area contributed by atoms with Crippen LogP contribution in [0, 0.1) is 5.82 Å². The molecule has 0 saturated heterocycles. The first kappa shape index (κ1) is 16.9. The minimum atomic E-state index is -0.596. The molecule has 1 amide bonds. The Morgan fingerprint density at radius 2 is 1.96 bits per heavy atom. The number of likely N-dealkylation sites (N-methyl/N-ethyl adjacent to an activating group) is 1. The molecule has 6 heteroatoms. The summed E-state index contributed by atoms with van der Waals surface area (Å²) in [6.07, 6.45) is 2.22. The molecule has 0 saturated carbocycles. The van der Waals surface area contributed by atoms with E-state index in [1.54, 1.807) is 14.1 Å². The van der Waals surface area contributed by atoms with Crippen LogP contribution >= 0.6 is 0 Å². The number of aryl methyl sites for hydroxylation is 1. The Kier molecular flexibility index (Phi) is 5.62. The van der Waals surface area contributed by atoms with E-state index in [2.05, 4.69) is 15.3 Å². The maximum atomic E-state index is 14.3. The molecule has 2 rings (SSSR count). The number of amides is 1. The van der Waals surface area contributed by atoms with Gasteiger partial charge in [0.2, 0.25) is 5.91 Å². The summed E-state index contributed by atoms with van der Waals surface area (Å²) < 4.78 is 14.3. The topological polar surface area (TPSA) is 58.1 Å². The lowest BCUT2D eigenvalue weighted by molar-refractivity contribution is -0.129. The van der Waals surface area contributed by atoms with Gasteiger partial charge in [-0.15, -0.1) is 0 Å². The minimum Gasteiger partial charge on any atom is -0.356 e. The van der Waals surface area contributed by atoms with Crippen LogP contribution in [0.5, 0.6) is 0 Å². The average molecular weight is 316 g/mol. The molecule has 1 heterocycles. The fourth-order valence-corrected chi connectivity index (χ4v) is 2.28. The lowest BCUT2D eigenvalue weighted by Crippen LogP contribution is -2.40. The fourth-order valence-electron chi connectivity index (χ4n) is 2.28. The number of hydrogen-bond acceptors (Lipinski definition) is 4. The predicted molar refractivity (Wildman–Crippen MR) is 87.6 cm³/mol. The van der Waals surface area contributed by atoms with Crippen molar-refractivity contribution in [1.82, 2.24) is 14.9 Å². The summed E-state index contributed by atoms with van der Waals surface area (Å²) in [4.78, 5) is 21.8. The molecule has 23 heavy (non-hydrogen) atoms. The zero-order chi connectivity index (χ0) is 16.8. The third kappa shape index (κ3) is 4.25. The summed E-state index contributed by atoms with van der Waals surface area (Å²) in [5.74, 6) is -0.572. The molecule has 1 N–H and O–H groups in total. The first-order valence-electron chi connectivity index (χ1n) is 7.54. The number of aromatic nitrogens is 2. The second-order valence-electron chi connectivity index (χ2n) is 5.46. The summed E-state index contributed by atoms with van der Waals surface area (Å²) in [6.45, 7) is 1.82. The Hall–Kier alpha value is -2.50. The predicted octanol–water partition coefficient (Wildman–Crippen LogP) is 2.29. The number of carbonyl (C=O) groups is 1. The zero-order valence-corrected chi connectivity index (χ0v) is 13.6. The van der Waals surface area contributed by atoms with Crippen molar-refractivity contribution < 1.29 is 9.18 Å². The van der Waals surface area contributed by atoms with Crippen LogP contribution in [0.4, 0.5) is 10.2 Å². The van der Waals surface area contributed by atoms with Gasteiger partial charge in [0.15, 0.2) is 11.6 Å². The van der Waals surface area contributed by atoms with Crippen molar-refractivity contribution in [2.24, 2.45) is 0 Å². The van der Waals surface area contributed by atoms with Gasteiger partial charge >= 0.3 is 0 Å². The Morgan fingerprint density at radius 1 is 1.26 bits per heavy atom. The van der Waals surface area contributed by atoms with Gasteiger partial charge in [0.1, 0.15) is 12.4 Å². The van der Waals surface area contributed by atoms with Crippen LogP contribution in [0.15, 0.2) is 36.7 Å². The highest BCUT2D eigenvalue weighted by Gasteiger charge is 2.23. The molecule has 0 aliphatic rings. The van der Waals surface area contributed by atoms with Crippen LogP contribution < -0.4 is 5.32 Å². The number of carbonyl (C=O) groups excluding carboxylic acids is 1.